The molecule has 0 bridgehead atoms. The van der Waals surface area contributed by atoms with Crippen molar-refractivity contribution in [2.24, 2.45) is 11.3 Å². The lowest BCUT2D eigenvalue weighted by atomic mass is 9.90. The van der Waals surface area contributed by atoms with Crippen molar-refractivity contribution in [1.29, 1.82) is 0 Å². The van der Waals surface area contributed by atoms with E-state index in [-0.39, 0.29) is 35.3 Å². The Labute approximate surface area is 139 Å². The number of carbonyl (C=O) groups is 2. The highest BCUT2D eigenvalue weighted by molar-refractivity contribution is 7.91. The highest BCUT2D eigenvalue weighted by atomic mass is 32.2. The van der Waals surface area contributed by atoms with Crippen molar-refractivity contribution in [3.8, 4) is 0 Å². The third-order valence-corrected chi connectivity index (χ3v) is 6.63. The van der Waals surface area contributed by atoms with Gasteiger partial charge in [0, 0.05) is 37.5 Å². The molecule has 1 atom stereocenters. The van der Waals surface area contributed by atoms with Crippen molar-refractivity contribution < 1.29 is 18.0 Å². The Balaban J connectivity index is 1.90. The lowest BCUT2D eigenvalue weighted by molar-refractivity contribution is -0.145. The Kier molecular flexibility index (Phi) is 5.09. The first-order valence-electron chi connectivity index (χ1n) is 8.28. The van der Waals surface area contributed by atoms with E-state index >= 15 is 0 Å². The number of hydrogen-bond acceptors (Lipinski definition) is 4. The molecule has 2 fully saturated rings. The van der Waals surface area contributed by atoms with Crippen LogP contribution in [-0.4, -0.2) is 67.7 Å². The van der Waals surface area contributed by atoms with E-state index in [9.17, 15) is 18.0 Å². The number of amides is 2. The van der Waals surface area contributed by atoms with Crippen LogP contribution in [0, 0.1) is 11.3 Å². The SMILES string of the molecule is CN(C(=O)C1CCN(C(=O)C(C)(C)C)CC1)C1CCS(=O)(=O)C1. The zero-order chi connectivity index (χ0) is 17.4. The smallest absolute Gasteiger partial charge is 0.227 e. The molecule has 0 N–H and O–H groups in total. The zero-order valence-electron chi connectivity index (χ0n) is 14.5. The lowest BCUT2D eigenvalue weighted by Gasteiger charge is -2.37. The average Bonchev–Trinajstić information content (AvgIpc) is 2.84. The second kappa shape index (κ2) is 6.42. The van der Waals surface area contributed by atoms with E-state index in [4.69, 9.17) is 0 Å². The summed E-state index contributed by atoms with van der Waals surface area (Å²) in [5.74, 6) is 0.297. The van der Waals surface area contributed by atoms with E-state index in [1.165, 1.54) is 0 Å². The van der Waals surface area contributed by atoms with Gasteiger partial charge < -0.3 is 9.80 Å². The Hall–Kier alpha value is -1.11. The minimum absolute atomic E-state index is 0.0231. The minimum Gasteiger partial charge on any atom is -0.342 e. The fourth-order valence-corrected chi connectivity index (χ4v) is 5.13. The first kappa shape index (κ1) is 18.2. The van der Waals surface area contributed by atoms with Gasteiger partial charge in [0.1, 0.15) is 0 Å². The van der Waals surface area contributed by atoms with E-state index in [1.54, 1.807) is 11.9 Å². The molecule has 2 aliphatic rings. The van der Waals surface area contributed by atoms with Gasteiger partial charge in [-0.1, -0.05) is 20.8 Å². The molecule has 0 aliphatic carbocycles. The van der Waals surface area contributed by atoms with Gasteiger partial charge in [-0.25, -0.2) is 8.42 Å². The average molecular weight is 344 g/mol. The van der Waals surface area contributed by atoms with Crippen LogP contribution in [0.3, 0.4) is 0 Å². The van der Waals surface area contributed by atoms with Crippen LogP contribution in [0.1, 0.15) is 40.0 Å². The van der Waals surface area contributed by atoms with E-state index in [2.05, 4.69) is 0 Å². The van der Waals surface area contributed by atoms with Crippen LogP contribution in [0.5, 0.6) is 0 Å². The van der Waals surface area contributed by atoms with Crippen LogP contribution in [0.2, 0.25) is 0 Å². The number of hydrogen-bond donors (Lipinski definition) is 0. The van der Waals surface area contributed by atoms with E-state index < -0.39 is 15.3 Å². The van der Waals surface area contributed by atoms with E-state index in [0.29, 0.717) is 32.4 Å². The van der Waals surface area contributed by atoms with Crippen molar-refractivity contribution in [2.75, 3.05) is 31.6 Å². The summed E-state index contributed by atoms with van der Waals surface area (Å²) in [7, 11) is -1.28. The normalized spacial score (nSPS) is 25.4. The molecule has 2 rings (SSSR count). The number of likely N-dealkylation sites (tertiary alicyclic amines) is 1. The van der Waals surface area contributed by atoms with Gasteiger partial charge in [0.25, 0.3) is 0 Å². The Morgan fingerprint density at radius 3 is 2.09 bits per heavy atom. The van der Waals surface area contributed by atoms with Crippen molar-refractivity contribution in [3.63, 3.8) is 0 Å². The number of carbonyl (C=O) groups excluding carboxylic acids is 2. The number of sulfone groups is 1. The Bertz CT molecular complexity index is 571. The quantitative estimate of drug-likeness (QED) is 0.746. The summed E-state index contributed by atoms with van der Waals surface area (Å²) in [5.41, 5.74) is -0.397. The van der Waals surface area contributed by atoms with Crippen molar-refractivity contribution >= 4 is 21.7 Å². The highest BCUT2D eigenvalue weighted by Crippen LogP contribution is 2.26. The third kappa shape index (κ3) is 4.25. The van der Waals surface area contributed by atoms with Gasteiger partial charge in [0.2, 0.25) is 11.8 Å². The molecule has 0 aromatic carbocycles. The topological polar surface area (TPSA) is 74.8 Å². The fraction of sp³-hybridized carbons (Fsp3) is 0.875. The second-order valence-corrected chi connectivity index (χ2v) is 10.1. The highest BCUT2D eigenvalue weighted by Gasteiger charge is 2.37. The first-order chi connectivity index (χ1) is 10.5. The van der Waals surface area contributed by atoms with Crippen LogP contribution in [0.25, 0.3) is 0 Å². The molecule has 2 saturated heterocycles. The Morgan fingerprint density at radius 2 is 1.65 bits per heavy atom. The van der Waals surface area contributed by atoms with Crippen LogP contribution >= 0.6 is 0 Å². The second-order valence-electron chi connectivity index (χ2n) is 7.82. The Morgan fingerprint density at radius 1 is 1.09 bits per heavy atom. The van der Waals surface area contributed by atoms with Crippen molar-refractivity contribution in [1.82, 2.24) is 9.80 Å². The standard InChI is InChI=1S/C16H28N2O4S/c1-16(2,3)15(20)18-8-5-12(6-9-18)14(19)17(4)13-7-10-23(21,22)11-13/h12-13H,5-11H2,1-4H3. The van der Waals surface area contributed by atoms with Gasteiger partial charge in [0.15, 0.2) is 9.84 Å². The third-order valence-electron chi connectivity index (χ3n) is 4.88. The lowest BCUT2D eigenvalue weighted by Crippen LogP contribution is -2.48. The molecular weight excluding hydrogens is 316 g/mol. The molecule has 2 amide bonds. The maximum atomic E-state index is 12.6. The predicted octanol–water partition coefficient (Wildman–Crippen LogP) is 0.917. The molecular formula is C16H28N2O4S. The van der Waals surface area contributed by atoms with Crippen LogP contribution in [0.4, 0.5) is 0 Å². The van der Waals surface area contributed by atoms with Crippen LogP contribution in [-0.2, 0) is 19.4 Å². The first-order valence-corrected chi connectivity index (χ1v) is 10.1. The summed E-state index contributed by atoms with van der Waals surface area (Å²) in [6, 6.07) is -0.193. The summed E-state index contributed by atoms with van der Waals surface area (Å²) in [5, 5.41) is 0. The summed E-state index contributed by atoms with van der Waals surface area (Å²) in [6.07, 6.45) is 1.85. The molecule has 6 nitrogen and oxygen atoms in total. The molecule has 2 aliphatic heterocycles. The minimum atomic E-state index is -2.99. The molecule has 0 aromatic heterocycles. The molecule has 1 unspecified atom stereocenters. The number of piperidine rings is 1. The maximum Gasteiger partial charge on any atom is 0.227 e. The van der Waals surface area contributed by atoms with Crippen molar-refractivity contribution in [3.05, 3.63) is 0 Å². The molecule has 0 spiro atoms. The molecule has 23 heavy (non-hydrogen) atoms. The molecule has 132 valence electrons. The summed E-state index contributed by atoms with van der Waals surface area (Å²) in [4.78, 5) is 28.3. The zero-order valence-corrected chi connectivity index (χ0v) is 15.4. The van der Waals surface area contributed by atoms with Gasteiger partial charge in [0.05, 0.1) is 11.5 Å². The maximum absolute atomic E-state index is 12.6. The summed E-state index contributed by atoms with van der Waals surface area (Å²) < 4.78 is 23.1. The van der Waals surface area contributed by atoms with Crippen LogP contribution < -0.4 is 0 Å². The van der Waals surface area contributed by atoms with E-state index in [0.717, 1.165) is 0 Å². The van der Waals surface area contributed by atoms with Gasteiger partial charge in [-0.05, 0) is 19.3 Å². The van der Waals surface area contributed by atoms with E-state index in [1.807, 2.05) is 25.7 Å². The molecule has 0 aromatic rings. The number of rotatable bonds is 2. The molecule has 2 heterocycles. The van der Waals surface area contributed by atoms with Gasteiger partial charge in [-0.3, -0.25) is 9.59 Å². The van der Waals surface area contributed by atoms with Crippen molar-refractivity contribution in [2.45, 2.75) is 46.1 Å². The monoisotopic (exact) mass is 344 g/mol. The molecule has 7 heteroatoms. The van der Waals surface area contributed by atoms with Gasteiger partial charge in [-0.2, -0.15) is 0 Å². The predicted molar refractivity (Wildman–Crippen MR) is 88.6 cm³/mol. The summed E-state index contributed by atoms with van der Waals surface area (Å²) >= 11 is 0. The summed E-state index contributed by atoms with van der Waals surface area (Å²) in [6.45, 7) is 6.91. The van der Waals surface area contributed by atoms with Gasteiger partial charge >= 0.3 is 0 Å². The van der Waals surface area contributed by atoms with Crippen LogP contribution in [0.15, 0.2) is 0 Å². The largest absolute Gasteiger partial charge is 0.342 e. The fourth-order valence-electron chi connectivity index (χ4n) is 3.35. The van der Waals surface area contributed by atoms with Gasteiger partial charge in [-0.15, -0.1) is 0 Å². The molecule has 0 radical (unpaired) electrons. The molecule has 0 saturated carbocycles. The number of nitrogens with zero attached hydrogens (tertiary/aromatic N) is 2.